The number of nitrogens with zero attached hydrogens (tertiary/aromatic N) is 4. The summed E-state index contributed by atoms with van der Waals surface area (Å²) in [5.74, 6) is -3.04. The Morgan fingerprint density at radius 3 is 2.24 bits per heavy atom. The molecule has 51 heavy (non-hydrogen) atoms. The van der Waals surface area contributed by atoms with Crippen LogP contribution in [0.3, 0.4) is 0 Å². The van der Waals surface area contributed by atoms with Crippen LogP contribution in [0.15, 0.2) is 18.6 Å². The zero-order chi connectivity index (χ0) is 37.8. The van der Waals surface area contributed by atoms with Crippen molar-refractivity contribution in [2.24, 2.45) is 29.1 Å². The molecular weight excluding hydrogens is 650 g/mol. The summed E-state index contributed by atoms with van der Waals surface area (Å²) in [7, 11) is 1.74. The van der Waals surface area contributed by atoms with Crippen LogP contribution in [-0.2, 0) is 24.0 Å². The van der Waals surface area contributed by atoms with Crippen LogP contribution < -0.4 is 16.0 Å². The van der Waals surface area contributed by atoms with Crippen LogP contribution in [0.1, 0.15) is 111 Å². The third kappa shape index (κ3) is 8.67. The summed E-state index contributed by atoms with van der Waals surface area (Å²) in [6.07, 6.45) is 9.18. The Morgan fingerprint density at radius 2 is 1.67 bits per heavy atom. The van der Waals surface area contributed by atoms with Crippen molar-refractivity contribution in [1.29, 1.82) is 0 Å². The highest BCUT2D eigenvalue weighted by molar-refractivity contribution is 6.38. The molecule has 3 N–H and O–H groups in total. The van der Waals surface area contributed by atoms with E-state index in [0.29, 0.717) is 32.4 Å². The SMILES string of the molecule is CCC[C@@H](C(=O)C(=O)N[C@@H](C)C(C)C)[N+]1(C)CC[C@H]2CN(C(=O)[C@@H](NC(=O)[C@@H](NC(=O)c3cnccn3)C3CCCC3)C(C)(C)C)[C@H](C1=O)[C@H]2C. The lowest BCUT2D eigenvalue weighted by Crippen LogP contribution is -2.68. The maximum Gasteiger partial charge on any atom is 0.337 e. The fraction of sp³-hybridized carbons (Fsp3) is 0.737. The van der Waals surface area contributed by atoms with E-state index < -0.39 is 53.1 Å². The molecule has 8 atom stereocenters. The van der Waals surface area contributed by atoms with Crippen molar-refractivity contribution in [3.63, 3.8) is 0 Å². The van der Waals surface area contributed by atoms with Gasteiger partial charge in [-0.05, 0) is 48.9 Å². The minimum absolute atomic E-state index is 0.00356. The molecular formula is C38H60N7O6+. The average Bonchev–Trinajstić information content (AvgIpc) is 3.72. The number of likely N-dealkylation sites (tertiary alicyclic amines) is 2. The van der Waals surface area contributed by atoms with Gasteiger partial charge in [0, 0.05) is 37.8 Å². The smallest absolute Gasteiger partial charge is 0.337 e. The predicted octanol–water partition coefficient (Wildman–Crippen LogP) is 3.03. The lowest BCUT2D eigenvalue weighted by Gasteiger charge is -2.42. The summed E-state index contributed by atoms with van der Waals surface area (Å²) >= 11 is 0. The lowest BCUT2D eigenvalue weighted by atomic mass is 9.84. The van der Waals surface area contributed by atoms with Crippen molar-refractivity contribution in [3.05, 3.63) is 24.3 Å². The first-order chi connectivity index (χ1) is 23.9. The van der Waals surface area contributed by atoms with Crippen LogP contribution in [0.25, 0.3) is 0 Å². The topological polar surface area (TPSA) is 168 Å². The first-order valence-corrected chi connectivity index (χ1v) is 18.8. The number of carbonyl (C=O) groups is 6. The number of hydrogen-bond acceptors (Lipinski definition) is 8. The highest BCUT2D eigenvalue weighted by atomic mass is 16.2. The Balaban J connectivity index is 1.61. The minimum Gasteiger partial charge on any atom is -0.347 e. The van der Waals surface area contributed by atoms with E-state index >= 15 is 0 Å². The number of hydrogen-bond donors (Lipinski definition) is 3. The number of Topliss-reactive ketones (excluding diaryl/α,β-unsaturated/α-hetero) is 1. The van der Waals surface area contributed by atoms with E-state index in [-0.39, 0.29) is 51.7 Å². The fourth-order valence-electron chi connectivity index (χ4n) is 8.08. The molecule has 2 aliphatic heterocycles. The van der Waals surface area contributed by atoms with Gasteiger partial charge in [-0.25, -0.2) is 9.78 Å². The lowest BCUT2D eigenvalue weighted by molar-refractivity contribution is -0.852. The average molecular weight is 711 g/mol. The molecule has 2 bridgehead atoms. The van der Waals surface area contributed by atoms with Crippen LogP contribution >= 0.6 is 0 Å². The second kappa shape index (κ2) is 16.3. The van der Waals surface area contributed by atoms with Gasteiger partial charge in [-0.2, -0.15) is 0 Å². The molecule has 1 aromatic rings. The van der Waals surface area contributed by atoms with E-state index in [4.69, 9.17) is 0 Å². The molecule has 1 saturated carbocycles. The third-order valence-electron chi connectivity index (χ3n) is 11.8. The van der Waals surface area contributed by atoms with Gasteiger partial charge in [0.15, 0.2) is 6.04 Å². The summed E-state index contributed by atoms with van der Waals surface area (Å²) < 4.78 is -0.254. The van der Waals surface area contributed by atoms with Crippen LogP contribution in [-0.4, -0.2) is 105 Å². The van der Waals surface area contributed by atoms with Gasteiger partial charge in [0.05, 0.1) is 19.8 Å². The maximum absolute atomic E-state index is 14.8. The van der Waals surface area contributed by atoms with E-state index in [2.05, 4.69) is 25.9 Å². The highest BCUT2D eigenvalue weighted by Gasteiger charge is 2.59. The molecule has 3 aliphatic rings. The van der Waals surface area contributed by atoms with Crippen molar-refractivity contribution >= 4 is 35.3 Å². The number of quaternary nitrogens is 1. The van der Waals surface area contributed by atoms with Crippen LogP contribution in [0.4, 0.5) is 0 Å². The first kappa shape index (κ1) is 40.0. The van der Waals surface area contributed by atoms with Gasteiger partial charge in [-0.3, -0.25) is 33.4 Å². The number of nitrogens with one attached hydrogen (secondary N) is 3. The quantitative estimate of drug-likeness (QED) is 0.208. The first-order valence-electron chi connectivity index (χ1n) is 18.8. The Morgan fingerprint density at radius 1 is 1.00 bits per heavy atom. The predicted molar refractivity (Wildman–Crippen MR) is 192 cm³/mol. The zero-order valence-corrected chi connectivity index (χ0v) is 32.0. The maximum atomic E-state index is 14.8. The molecule has 5 amide bonds. The van der Waals surface area contributed by atoms with Crippen LogP contribution in [0.2, 0.25) is 0 Å². The molecule has 13 heteroatoms. The summed E-state index contributed by atoms with van der Waals surface area (Å²) in [5.41, 5.74) is -0.650. The number of carbonyl (C=O) groups excluding carboxylic acids is 6. The van der Waals surface area contributed by atoms with Gasteiger partial charge in [0.25, 0.3) is 17.6 Å². The van der Waals surface area contributed by atoms with Crippen molar-refractivity contribution < 1.29 is 33.3 Å². The Labute approximate surface area is 303 Å². The second-order valence-electron chi connectivity index (χ2n) is 16.7. The minimum atomic E-state index is -1.00. The van der Waals surface area contributed by atoms with Gasteiger partial charge in [-0.1, -0.05) is 67.7 Å². The summed E-state index contributed by atoms with van der Waals surface area (Å²) in [6.45, 7) is 16.0. The van der Waals surface area contributed by atoms with Gasteiger partial charge in [0.1, 0.15) is 23.8 Å². The molecule has 282 valence electrons. The van der Waals surface area contributed by atoms with Gasteiger partial charge < -0.3 is 20.9 Å². The molecule has 4 rings (SSSR count). The summed E-state index contributed by atoms with van der Waals surface area (Å²) in [5, 5.41) is 8.71. The van der Waals surface area contributed by atoms with E-state index in [0.717, 1.165) is 25.7 Å². The number of likely N-dealkylation sites (N-methyl/N-ethyl adjacent to an activating group) is 1. The zero-order valence-electron chi connectivity index (χ0n) is 32.0. The van der Waals surface area contributed by atoms with Crippen molar-refractivity contribution in [2.75, 3.05) is 20.1 Å². The molecule has 1 unspecified atom stereocenters. The van der Waals surface area contributed by atoms with Crippen LogP contribution in [0, 0.1) is 29.1 Å². The Hall–Kier alpha value is -3.74. The van der Waals surface area contributed by atoms with Crippen molar-refractivity contribution in [2.45, 2.75) is 131 Å². The van der Waals surface area contributed by atoms with Crippen molar-refractivity contribution in [3.8, 4) is 0 Å². The van der Waals surface area contributed by atoms with Crippen LogP contribution in [0.5, 0.6) is 0 Å². The fourth-order valence-corrected chi connectivity index (χ4v) is 8.08. The molecule has 3 fully saturated rings. The van der Waals surface area contributed by atoms with Gasteiger partial charge in [-0.15, -0.1) is 0 Å². The Kier molecular flexibility index (Phi) is 12.8. The molecule has 2 saturated heterocycles. The molecule has 3 heterocycles. The van der Waals surface area contributed by atoms with Gasteiger partial charge >= 0.3 is 5.91 Å². The number of fused-ring (bicyclic) bond motifs is 2. The third-order valence-corrected chi connectivity index (χ3v) is 11.8. The molecule has 13 nitrogen and oxygen atoms in total. The van der Waals surface area contributed by atoms with E-state index in [1.54, 1.807) is 11.9 Å². The normalized spacial score (nSPS) is 26.2. The van der Waals surface area contributed by atoms with E-state index in [9.17, 15) is 28.8 Å². The van der Waals surface area contributed by atoms with E-state index in [1.807, 2.05) is 55.4 Å². The molecule has 1 aliphatic carbocycles. The highest BCUT2D eigenvalue weighted by Crippen LogP contribution is 2.41. The van der Waals surface area contributed by atoms with E-state index in [1.165, 1.54) is 18.6 Å². The van der Waals surface area contributed by atoms with Crippen molar-refractivity contribution in [1.82, 2.24) is 30.8 Å². The second-order valence-corrected chi connectivity index (χ2v) is 16.7. The molecule has 0 radical (unpaired) electrons. The number of ketones is 1. The Bertz CT molecular complexity index is 1460. The number of amides is 5. The van der Waals surface area contributed by atoms with Gasteiger partial charge in [0.2, 0.25) is 11.8 Å². The summed E-state index contributed by atoms with van der Waals surface area (Å²) in [6, 6.07) is -3.81. The molecule has 0 spiro atoms. The largest absolute Gasteiger partial charge is 0.347 e. The monoisotopic (exact) mass is 710 g/mol. The number of aromatic nitrogens is 2. The molecule has 0 aromatic carbocycles. The number of rotatable bonds is 13. The summed E-state index contributed by atoms with van der Waals surface area (Å²) in [4.78, 5) is 93.5. The standard InChI is InChI=1S/C38H59N7O6/c1-10-13-28(31(46)35(49)41-24(5)22(2)3)45(9)19-16-26-21-44(30(23(26)4)37(45)51)36(50)32(38(6,7)8)43-34(48)29(25-14-11-12-15-25)42-33(47)27-20-39-17-18-40-27/h17-18,20,22-26,28-30,32H,10-16,19,21H2,1-9H3,(H2-,41,42,43,47,48,49)/p+1/t23-,24-,26-,28-,29-,30-,32+,45?/m0/s1. The molecule has 1 aromatic heterocycles.